The average Bonchev–Trinajstić information content (AvgIpc) is 2.81. The minimum Gasteiger partial charge on any atom is -0.354 e. The third kappa shape index (κ3) is 6.56. The van der Waals surface area contributed by atoms with Crippen LogP contribution < -0.4 is 10.6 Å². The zero-order valence-electron chi connectivity index (χ0n) is 18.8. The number of halogens is 1. The van der Waals surface area contributed by atoms with E-state index in [2.05, 4.69) is 10.6 Å². The standard InChI is InChI=1S/C24H30ClN3O4S/c1-17(2)16-26-24(30)22(27-23(29)19-6-4-3-5-7-19)18-12-14-28(15-13-18)33(31,32)21-10-8-20(25)9-11-21/h3-11,17-18,22H,12-16H2,1-2H3,(H,26,30)(H,27,29)/t22-/m0/s1. The van der Waals surface area contributed by atoms with Crippen LogP contribution in [0.3, 0.4) is 0 Å². The third-order valence-corrected chi connectivity index (χ3v) is 7.88. The van der Waals surface area contributed by atoms with Crippen molar-refractivity contribution in [2.24, 2.45) is 11.8 Å². The molecule has 1 aliphatic heterocycles. The number of amides is 2. The molecule has 1 heterocycles. The van der Waals surface area contributed by atoms with Crippen molar-refractivity contribution in [3.05, 3.63) is 65.2 Å². The Hall–Kier alpha value is -2.42. The maximum Gasteiger partial charge on any atom is 0.251 e. The van der Waals surface area contributed by atoms with Crippen LogP contribution in [0.25, 0.3) is 0 Å². The van der Waals surface area contributed by atoms with E-state index in [9.17, 15) is 18.0 Å². The molecule has 178 valence electrons. The lowest BCUT2D eigenvalue weighted by Gasteiger charge is -2.35. The Bertz CT molecular complexity index is 1050. The minimum atomic E-state index is -3.65. The number of nitrogens with one attached hydrogen (secondary N) is 2. The molecule has 1 fully saturated rings. The predicted octanol–water partition coefficient (Wildman–Crippen LogP) is 3.31. The van der Waals surface area contributed by atoms with Gasteiger partial charge in [-0.2, -0.15) is 4.31 Å². The van der Waals surface area contributed by atoms with E-state index >= 15 is 0 Å². The Morgan fingerprint density at radius 2 is 1.64 bits per heavy atom. The molecule has 2 N–H and O–H groups in total. The van der Waals surface area contributed by atoms with Gasteiger partial charge in [0.1, 0.15) is 6.04 Å². The van der Waals surface area contributed by atoms with Crippen molar-refractivity contribution < 1.29 is 18.0 Å². The highest BCUT2D eigenvalue weighted by molar-refractivity contribution is 7.89. The highest BCUT2D eigenvalue weighted by atomic mass is 35.5. The van der Waals surface area contributed by atoms with Crippen molar-refractivity contribution in [2.45, 2.75) is 37.6 Å². The molecule has 2 amide bonds. The van der Waals surface area contributed by atoms with E-state index in [-0.39, 0.29) is 41.6 Å². The van der Waals surface area contributed by atoms with E-state index in [1.54, 1.807) is 36.4 Å². The summed E-state index contributed by atoms with van der Waals surface area (Å²) in [7, 11) is -3.65. The van der Waals surface area contributed by atoms with Crippen molar-refractivity contribution in [2.75, 3.05) is 19.6 Å². The zero-order chi connectivity index (χ0) is 24.0. The maximum atomic E-state index is 13.0. The monoisotopic (exact) mass is 491 g/mol. The van der Waals surface area contributed by atoms with E-state index in [1.807, 2.05) is 19.9 Å². The predicted molar refractivity (Wildman–Crippen MR) is 128 cm³/mol. The molecule has 7 nitrogen and oxygen atoms in total. The molecule has 9 heteroatoms. The molecular formula is C24H30ClN3O4S. The second-order valence-corrected chi connectivity index (χ2v) is 11.0. The Kier molecular flexibility index (Phi) is 8.51. The molecule has 0 radical (unpaired) electrons. The molecule has 0 spiro atoms. The van der Waals surface area contributed by atoms with E-state index in [0.717, 1.165) is 0 Å². The molecule has 0 unspecified atom stereocenters. The fourth-order valence-electron chi connectivity index (χ4n) is 3.83. The van der Waals surface area contributed by atoms with E-state index in [1.165, 1.54) is 16.4 Å². The van der Waals surface area contributed by atoms with Gasteiger partial charge in [-0.3, -0.25) is 9.59 Å². The Morgan fingerprint density at radius 3 is 2.21 bits per heavy atom. The molecule has 33 heavy (non-hydrogen) atoms. The van der Waals surface area contributed by atoms with Crippen LogP contribution in [-0.2, 0) is 14.8 Å². The van der Waals surface area contributed by atoms with Crippen LogP contribution in [0.4, 0.5) is 0 Å². The SMILES string of the molecule is CC(C)CNC(=O)[C@@H](NC(=O)c1ccccc1)C1CCN(S(=O)(=O)c2ccc(Cl)cc2)CC1. The Balaban J connectivity index is 1.71. The summed E-state index contributed by atoms with van der Waals surface area (Å²) in [4.78, 5) is 25.9. The lowest BCUT2D eigenvalue weighted by atomic mass is 9.89. The molecule has 1 saturated heterocycles. The lowest BCUT2D eigenvalue weighted by Crippen LogP contribution is -2.54. The summed E-state index contributed by atoms with van der Waals surface area (Å²) in [6.45, 7) is 5.03. The second kappa shape index (κ2) is 11.1. The summed E-state index contributed by atoms with van der Waals surface area (Å²) < 4.78 is 27.4. The van der Waals surface area contributed by atoms with Crippen LogP contribution in [0.15, 0.2) is 59.5 Å². The molecule has 2 aromatic rings. The van der Waals surface area contributed by atoms with Gasteiger partial charge < -0.3 is 10.6 Å². The topological polar surface area (TPSA) is 95.6 Å². The van der Waals surface area contributed by atoms with Gasteiger partial charge in [0.2, 0.25) is 15.9 Å². The highest BCUT2D eigenvalue weighted by Crippen LogP contribution is 2.27. The van der Waals surface area contributed by atoms with Crippen molar-refractivity contribution in [3.63, 3.8) is 0 Å². The molecule has 0 saturated carbocycles. The van der Waals surface area contributed by atoms with Gasteiger partial charge in [-0.15, -0.1) is 0 Å². The normalized spacial score (nSPS) is 16.4. The number of hydrogen-bond acceptors (Lipinski definition) is 4. The summed E-state index contributed by atoms with van der Waals surface area (Å²) in [6, 6.07) is 14.1. The van der Waals surface area contributed by atoms with E-state index in [4.69, 9.17) is 11.6 Å². The molecule has 3 rings (SSSR count). The van der Waals surface area contributed by atoms with Gasteiger partial charge in [0.25, 0.3) is 5.91 Å². The van der Waals surface area contributed by atoms with Crippen molar-refractivity contribution in [1.82, 2.24) is 14.9 Å². The maximum absolute atomic E-state index is 13.0. The highest BCUT2D eigenvalue weighted by Gasteiger charge is 2.36. The fraction of sp³-hybridized carbons (Fsp3) is 0.417. The largest absolute Gasteiger partial charge is 0.354 e. The van der Waals surface area contributed by atoms with Crippen LogP contribution in [0, 0.1) is 11.8 Å². The number of hydrogen-bond donors (Lipinski definition) is 2. The lowest BCUT2D eigenvalue weighted by molar-refractivity contribution is -0.124. The van der Waals surface area contributed by atoms with Crippen molar-refractivity contribution >= 4 is 33.4 Å². The van der Waals surface area contributed by atoms with Gasteiger partial charge in [0.15, 0.2) is 0 Å². The molecule has 0 bridgehead atoms. The van der Waals surface area contributed by atoms with Crippen LogP contribution in [0.2, 0.25) is 5.02 Å². The number of sulfonamides is 1. The summed E-state index contributed by atoms with van der Waals surface area (Å²) in [5, 5.41) is 6.26. The Labute approximate surface area is 200 Å². The van der Waals surface area contributed by atoms with Crippen molar-refractivity contribution in [1.29, 1.82) is 0 Å². The number of nitrogens with zero attached hydrogens (tertiary/aromatic N) is 1. The number of carbonyl (C=O) groups is 2. The van der Waals surface area contributed by atoms with Gasteiger partial charge in [-0.25, -0.2) is 8.42 Å². The van der Waals surface area contributed by atoms with Crippen LogP contribution in [0.1, 0.15) is 37.0 Å². The first-order chi connectivity index (χ1) is 15.7. The molecule has 0 aliphatic carbocycles. The van der Waals surface area contributed by atoms with Gasteiger partial charge in [-0.05, 0) is 61.1 Å². The summed E-state index contributed by atoms with van der Waals surface area (Å²) >= 11 is 5.88. The number of piperidine rings is 1. The van der Waals surface area contributed by atoms with Gasteiger partial charge in [0, 0.05) is 30.2 Å². The molecule has 1 aliphatic rings. The quantitative estimate of drug-likeness (QED) is 0.592. The number of carbonyl (C=O) groups excluding carboxylic acids is 2. The van der Waals surface area contributed by atoms with Gasteiger partial charge >= 0.3 is 0 Å². The second-order valence-electron chi connectivity index (χ2n) is 8.65. The first kappa shape index (κ1) is 25.2. The molecule has 0 aromatic heterocycles. The van der Waals surface area contributed by atoms with Gasteiger partial charge in [0.05, 0.1) is 4.90 Å². The zero-order valence-corrected chi connectivity index (χ0v) is 20.4. The smallest absolute Gasteiger partial charge is 0.251 e. The number of rotatable bonds is 8. The van der Waals surface area contributed by atoms with Crippen LogP contribution in [0.5, 0.6) is 0 Å². The Morgan fingerprint density at radius 1 is 1.03 bits per heavy atom. The van der Waals surface area contributed by atoms with E-state index in [0.29, 0.717) is 30.0 Å². The molecule has 2 aromatic carbocycles. The third-order valence-electron chi connectivity index (χ3n) is 5.71. The number of benzene rings is 2. The first-order valence-corrected chi connectivity index (χ1v) is 12.9. The molecule has 1 atom stereocenters. The van der Waals surface area contributed by atoms with Crippen LogP contribution >= 0.6 is 11.6 Å². The summed E-state index contributed by atoms with van der Waals surface area (Å²) in [6.07, 6.45) is 0.920. The van der Waals surface area contributed by atoms with E-state index < -0.39 is 16.1 Å². The van der Waals surface area contributed by atoms with Crippen molar-refractivity contribution in [3.8, 4) is 0 Å². The summed E-state index contributed by atoms with van der Waals surface area (Å²) in [5.74, 6) is -0.476. The summed E-state index contributed by atoms with van der Waals surface area (Å²) in [5.41, 5.74) is 0.474. The average molecular weight is 492 g/mol. The fourth-order valence-corrected chi connectivity index (χ4v) is 5.43. The molecular weight excluding hydrogens is 462 g/mol. The van der Waals surface area contributed by atoms with Gasteiger partial charge in [-0.1, -0.05) is 43.6 Å². The minimum absolute atomic E-state index is 0.179. The first-order valence-electron chi connectivity index (χ1n) is 11.1. The van der Waals surface area contributed by atoms with Crippen LogP contribution in [-0.4, -0.2) is 50.2 Å².